The van der Waals surface area contributed by atoms with Gasteiger partial charge < -0.3 is 10.5 Å². The maximum Gasteiger partial charge on any atom is 0.0731 e. The van der Waals surface area contributed by atoms with Crippen LogP contribution in [0.25, 0.3) is 0 Å². The maximum atomic E-state index is 5.97. The molecule has 0 heterocycles. The van der Waals surface area contributed by atoms with Crippen LogP contribution in [0.2, 0.25) is 10.0 Å². The lowest BCUT2D eigenvalue weighted by atomic mass is 10.2. The molecule has 4 heteroatoms. The minimum absolute atomic E-state index is 0.486. The maximum absolute atomic E-state index is 5.97. The lowest BCUT2D eigenvalue weighted by Crippen LogP contribution is -2.04. The van der Waals surface area contributed by atoms with Crippen LogP contribution in [-0.2, 0) is 11.3 Å². The van der Waals surface area contributed by atoms with E-state index in [1.807, 2.05) is 12.1 Å². The Bertz CT molecular complexity index is 291. The minimum Gasteiger partial charge on any atom is -0.377 e. The van der Waals surface area contributed by atoms with Crippen LogP contribution in [0, 0.1) is 0 Å². The van der Waals surface area contributed by atoms with Crippen molar-refractivity contribution in [2.45, 2.75) is 13.0 Å². The monoisotopic (exact) mass is 233 g/mol. The molecule has 2 nitrogen and oxygen atoms in total. The number of hydrogen-bond donors (Lipinski definition) is 1. The Balaban J connectivity index is 2.46. The average Bonchev–Trinajstić information content (AvgIpc) is 2.19. The molecule has 0 saturated heterocycles. The van der Waals surface area contributed by atoms with Crippen LogP contribution in [0.4, 0.5) is 0 Å². The molecule has 14 heavy (non-hydrogen) atoms. The van der Waals surface area contributed by atoms with Crippen LogP contribution in [0.15, 0.2) is 18.2 Å². The molecule has 0 aliphatic rings. The zero-order chi connectivity index (χ0) is 10.4. The molecule has 1 rings (SSSR count). The standard InChI is InChI=1S/C10H13Cl2NO/c11-9-4-1-3-8(10(9)12)7-14-6-2-5-13/h1,3-4H,2,5-7,13H2. The topological polar surface area (TPSA) is 35.2 Å². The molecule has 0 fully saturated rings. The van der Waals surface area contributed by atoms with Crippen molar-refractivity contribution in [1.29, 1.82) is 0 Å². The number of ether oxygens (including phenoxy) is 1. The molecule has 1 aromatic carbocycles. The second-order valence-corrected chi connectivity index (χ2v) is 3.69. The van der Waals surface area contributed by atoms with E-state index in [1.54, 1.807) is 6.07 Å². The molecule has 0 aliphatic heterocycles. The van der Waals surface area contributed by atoms with Crippen LogP contribution in [-0.4, -0.2) is 13.2 Å². The fraction of sp³-hybridized carbons (Fsp3) is 0.400. The van der Waals surface area contributed by atoms with Gasteiger partial charge in [0.15, 0.2) is 0 Å². The second-order valence-electron chi connectivity index (χ2n) is 2.91. The minimum atomic E-state index is 0.486. The summed E-state index contributed by atoms with van der Waals surface area (Å²) in [6, 6.07) is 5.51. The Hall–Kier alpha value is -0.280. The normalized spacial score (nSPS) is 10.5. The van der Waals surface area contributed by atoms with Crippen LogP contribution in [0.5, 0.6) is 0 Å². The summed E-state index contributed by atoms with van der Waals surface area (Å²) >= 11 is 11.8. The number of nitrogens with two attached hydrogens (primary N) is 1. The molecule has 78 valence electrons. The molecule has 2 N–H and O–H groups in total. The summed E-state index contributed by atoms with van der Waals surface area (Å²) in [7, 11) is 0. The Morgan fingerprint density at radius 1 is 1.29 bits per heavy atom. The quantitative estimate of drug-likeness (QED) is 0.795. The number of rotatable bonds is 5. The average molecular weight is 234 g/mol. The van der Waals surface area contributed by atoms with E-state index in [9.17, 15) is 0 Å². The van der Waals surface area contributed by atoms with E-state index in [1.165, 1.54) is 0 Å². The Kier molecular flexibility index (Phi) is 5.26. The molecule has 0 bridgehead atoms. The van der Waals surface area contributed by atoms with Gasteiger partial charge in [0.25, 0.3) is 0 Å². The largest absolute Gasteiger partial charge is 0.377 e. The van der Waals surface area contributed by atoms with Crippen molar-refractivity contribution in [3.05, 3.63) is 33.8 Å². The van der Waals surface area contributed by atoms with E-state index in [-0.39, 0.29) is 0 Å². The molecule has 0 unspecified atom stereocenters. The van der Waals surface area contributed by atoms with E-state index in [4.69, 9.17) is 33.7 Å². The Labute approximate surface area is 94.0 Å². The first-order valence-corrected chi connectivity index (χ1v) is 5.22. The van der Waals surface area contributed by atoms with Crippen LogP contribution < -0.4 is 5.73 Å². The molecule has 0 spiro atoms. The first kappa shape index (κ1) is 11.8. The Morgan fingerprint density at radius 3 is 2.79 bits per heavy atom. The van der Waals surface area contributed by atoms with E-state index in [0.29, 0.717) is 29.8 Å². The predicted molar refractivity (Wildman–Crippen MR) is 59.8 cm³/mol. The van der Waals surface area contributed by atoms with Crippen molar-refractivity contribution >= 4 is 23.2 Å². The number of benzene rings is 1. The van der Waals surface area contributed by atoms with Gasteiger partial charge in [0.05, 0.1) is 16.7 Å². The first-order valence-electron chi connectivity index (χ1n) is 4.46. The lowest BCUT2D eigenvalue weighted by Gasteiger charge is -2.06. The first-order chi connectivity index (χ1) is 6.75. The summed E-state index contributed by atoms with van der Waals surface area (Å²) in [5, 5.41) is 1.13. The molecule has 0 aliphatic carbocycles. The number of halogens is 2. The van der Waals surface area contributed by atoms with Gasteiger partial charge in [-0.3, -0.25) is 0 Å². The molecule has 0 radical (unpaired) electrons. The molecule has 0 saturated carbocycles. The van der Waals surface area contributed by atoms with Gasteiger partial charge in [0, 0.05) is 6.61 Å². The van der Waals surface area contributed by atoms with E-state index in [0.717, 1.165) is 12.0 Å². The van der Waals surface area contributed by atoms with Gasteiger partial charge >= 0.3 is 0 Å². The highest BCUT2D eigenvalue weighted by Crippen LogP contribution is 2.25. The summed E-state index contributed by atoms with van der Waals surface area (Å²) in [5.74, 6) is 0. The molecule has 0 amide bonds. The van der Waals surface area contributed by atoms with Gasteiger partial charge in [0.2, 0.25) is 0 Å². The summed E-state index contributed by atoms with van der Waals surface area (Å²) in [6.45, 7) is 1.78. The van der Waals surface area contributed by atoms with Crippen molar-refractivity contribution < 1.29 is 4.74 Å². The highest BCUT2D eigenvalue weighted by atomic mass is 35.5. The predicted octanol–water partition coefficient (Wildman–Crippen LogP) is 2.86. The molecule has 0 aromatic heterocycles. The fourth-order valence-electron chi connectivity index (χ4n) is 1.03. The van der Waals surface area contributed by atoms with E-state index in [2.05, 4.69) is 0 Å². The third kappa shape index (κ3) is 3.46. The van der Waals surface area contributed by atoms with Gasteiger partial charge in [-0.15, -0.1) is 0 Å². The van der Waals surface area contributed by atoms with Crippen molar-refractivity contribution in [2.24, 2.45) is 5.73 Å². The van der Waals surface area contributed by atoms with Gasteiger partial charge in [-0.2, -0.15) is 0 Å². The van der Waals surface area contributed by atoms with Crippen LogP contribution >= 0.6 is 23.2 Å². The van der Waals surface area contributed by atoms with Crippen LogP contribution in [0.1, 0.15) is 12.0 Å². The van der Waals surface area contributed by atoms with Crippen molar-refractivity contribution in [3.63, 3.8) is 0 Å². The van der Waals surface area contributed by atoms with Gasteiger partial charge in [-0.05, 0) is 24.6 Å². The lowest BCUT2D eigenvalue weighted by molar-refractivity contribution is 0.120. The summed E-state index contributed by atoms with van der Waals surface area (Å²) in [5.41, 5.74) is 6.25. The molecular formula is C10H13Cl2NO. The third-order valence-electron chi connectivity index (χ3n) is 1.78. The molecular weight excluding hydrogens is 221 g/mol. The highest BCUT2D eigenvalue weighted by molar-refractivity contribution is 6.42. The van der Waals surface area contributed by atoms with Crippen molar-refractivity contribution in [3.8, 4) is 0 Å². The summed E-state index contributed by atoms with van der Waals surface area (Å²) in [4.78, 5) is 0. The van der Waals surface area contributed by atoms with E-state index >= 15 is 0 Å². The fourth-order valence-corrected chi connectivity index (χ4v) is 1.40. The van der Waals surface area contributed by atoms with Gasteiger partial charge in [-0.25, -0.2) is 0 Å². The van der Waals surface area contributed by atoms with Crippen molar-refractivity contribution in [2.75, 3.05) is 13.2 Å². The third-order valence-corrected chi connectivity index (χ3v) is 2.64. The Morgan fingerprint density at radius 2 is 2.07 bits per heavy atom. The summed E-state index contributed by atoms with van der Waals surface area (Å²) < 4.78 is 5.37. The van der Waals surface area contributed by atoms with E-state index < -0.39 is 0 Å². The number of hydrogen-bond acceptors (Lipinski definition) is 2. The highest BCUT2D eigenvalue weighted by Gasteiger charge is 2.03. The second kappa shape index (κ2) is 6.25. The zero-order valence-electron chi connectivity index (χ0n) is 7.80. The zero-order valence-corrected chi connectivity index (χ0v) is 9.31. The van der Waals surface area contributed by atoms with Crippen LogP contribution in [0.3, 0.4) is 0 Å². The van der Waals surface area contributed by atoms with Gasteiger partial charge in [-0.1, -0.05) is 35.3 Å². The summed E-state index contributed by atoms with van der Waals surface area (Å²) in [6.07, 6.45) is 0.859. The molecule has 0 atom stereocenters. The van der Waals surface area contributed by atoms with Gasteiger partial charge in [0.1, 0.15) is 0 Å². The smallest absolute Gasteiger partial charge is 0.0731 e. The molecule has 1 aromatic rings. The van der Waals surface area contributed by atoms with Crippen molar-refractivity contribution in [1.82, 2.24) is 0 Å². The SMILES string of the molecule is NCCCOCc1cccc(Cl)c1Cl.